The number of aliphatic hydroxyl groups excluding tert-OH is 1. The van der Waals surface area contributed by atoms with Gasteiger partial charge in [-0.15, -0.1) is 0 Å². The zero-order chi connectivity index (χ0) is 16.6. The van der Waals surface area contributed by atoms with Crippen LogP contribution in [-0.2, 0) is 0 Å². The van der Waals surface area contributed by atoms with Gasteiger partial charge >= 0.3 is 0 Å². The Hall–Kier alpha value is -2.14. The molecule has 1 heterocycles. The first-order valence-electron chi connectivity index (χ1n) is 7.97. The van der Waals surface area contributed by atoms with E-state index in [2.05, 4.69) is 28.6 Å². The fraction of sp³-hybridized carbons (Fsp3) is 0.444. The molecule has 0 radical (unpaired) electrons. The molecule has 2 aromatic rings. The van der Waals surface area contributed by atoms with Crippen molar-refractivity contribution in [3.05, 3.63) is 46.8 Å². The van der Waals surface area contributed by atoms with Gasteiger partial charge in [-0.05, 0) is 62.9 Å². The van der Waals surface area contributed by atoms with Gasteiger partial charge in [0.1, 0.15) is 0 Å². The number of hydrogen-bond acceptors (Lipinski definition) is 3. The Kier molecular flexibility index (Phi) is 3.98. The molecule has 0 bridgehead atoms. The SMILES string of the molecule is Cc1cc(C)cc(-n2nc(C(=O)NCC3(CO)CC3)cc2C)c1. The summed E-state index contributed by atoms with van der Waals surface area (Å²) >= 11 is 0. The molecular formula is C18H23N3O2. The van der Waals surface area contributed by atoms with E-state index < -0.39 is 0 Å². The maximum atomic E-state index is 12.3. The summed E-state index contributed by atoms with van der Waals surface area (Å²) in [5.41, 5.74) is 4.53. The van der Waals surface area contributed by atoms with Gasteiger partial charge in [0.05, 0.1) is 12.3 Å². The van der Waals surface area contributed by atoms with Crippen LogP contribution in [0.2, 0.25) is 0 Å². The van der Waals surface area contributed by atoms with Crippen molar-refractivity contribution in [2.24, 2.45) is 5.41 Å². The minimum absolute atomic E-state index is 0.0963. The van der Waals surface area contributed by atoms with E-state index >= 15 is 0 Å². The third kappa shape index (κ3) is 3.29. The van der Waals surface area contributed by atoms with Crippen molar-refractivity contribution < 1.29 is 9.90 Å². The monoisotopic (exact) mass is 313 g/mol. The number of aryl methyl sites for hydroxylation is 3. The van der Waals surface area contributed by atoms with Crippen LogP contribution >= 0.6 is 0 Å². The highest BCUT2D eigenvalue weighted by Gasteiger charge is 2.42. The van der Waals surface area contributed by atoms with Crippen LogP contribution in [0.3, 0.4) is 0 Å². The van der Waals surface area contributed by atoms with E-state index in [4.69, 9.17) is 0 Å². The molecule has 5 nitrogen and oxygen atoms in total. The number of nitrogens with one attached hydrogen (secondary N) is 1. The van der Waals surface area contributed by atoms with E-state index in [1.807, 2.05) is 20.8 Å². The quantitative estimate of drug-likeness (QED) is 0.890. The highest BCUT2D eigenvalue weighted by molar-refractivity contribution is 5.92. The van der Waals surface area contributed by atoms with Crippen LogP contribution in [0.4, 0.5) is 0 Å². The largest absolute Gasteiger partial charge is 0.396 e. The van der Waals surface area contributed by atoms with Crippen molar-refractivity contribution in [3.8, 4) is 5.69 Å². The molecule has 1 aliphatic carbocycles. The smallest absolute Gasteiger partial charge is 0.271 e. The molecule has 0 saturated heterocycles. The predicted molar refractivity (Wildman–Crippen MR) is 88.9 cm³/mol. The molecule has 1 fully saturated rings. The second-order valence-electron chi connectivity index (χ2n) is 6.77. The van der Waals surface area contributed by atoms with Gasteiger partial charge in [-0.1, -0.05) is 6.07 Å². The number of aliphatic hydroxyl groups is 1. The molecule has 122 valence electrons. The maximum absolute atomic E-state index is 12.3. The highest BCUT2D eigenvalue weighted by atomic mass is 16.3. The van der Waals surface area contributed by atoms with E-state index in [1.165, 1.54) is 11.1 Å². The molecular weight excluding hydrogens is 290 g/mol. The molecule has 1 saturated carbocycles. The van der Waals surface area contributed by atoms with E-state index in [0.717, 1.165) is 24.2 Å². The fourth-order valence-electron chi connectivity index (χ4n) is 2.85. The molecule has 2 N–H and O–H groups in total. The number of benzene rings is 1. The van der Waals surface area contributed by atoms with E-state index in [1.54, 1.807) is 10.7 Å². The number of hydrogen-bond donors (Lipinski definition) is 2. The minimum atomic E-state index is -0.184. The number of amides is 1. The molecule has 5 heteroatoms. The highest BCUT2D eigenvalue weighted by Crippen LogP contribution is 2.44. The standard InChI is InChI=1S/C18H23N3O2/c1-12-6-13(2)8-15(7-12)21-14(3)9-16(20-21)17(23)19-10-18(11-22)4-5-18/h6-9,22H,4-5,10-11H2,1-3H3,(H,19,23). The van der Waals surface area contributed by atoms with Crippen LogP contribution in [0.25, 0.3) is 5.69 Å². The van der Waals surface area contributed by atoms with Crippen molar-refractivity contribution in [2.45, 2.75) is 33.6 Å². The number of aromatic nitrogens is 2. The number of carbonyl (C=O) groups excluding carboxylic acids is 1. The average molecular weight is 313 g/mol. The van der Waals surface area contributed by atoms with Crippen molar-refractivity contribution in [1.29, 1.82) is 0 Å². The third-order valence-corrected chi connectivity index (χ3v) is 4.49. The fourth-order valence-corrected chi connectivity index (χ4v) is 2.85. The molecule has 0 unspecified atom stereocenters. The first-order chi connectivity index (χ1) is 10.9. The number of rotatable bonds is 5. The summed E-state index contributed by atoms with van der Waals surface area (Å²) in [6.45, 7) is 6.68. The predicted octanol–water partition coefficient (Wildman–Crippen LogP) is 2.30. The normalized spacial score (nSPS) is 15.5. The summed E-state index contributed by atoms with van der Waals surface area (Å²) in [6, 6.07) is 8.02. The van der Waals surface area contributed by atoms with Crippen LogP contribution < -0.4 is 5.32 Å². The molecule has 1 amide bonds. The van der Waals surface area contributed by atoms with E-state index in [9.17, 15) is 9.90 Å². The molecule has 1 aromatic heterocycles. The minimum Gasteiger partial charge on any atom is -0.396 e. The zero-order valence-corrected chi connectivity index (χ0v) is 13.9. The molecule has 23 heavy (non-hydrogen) atoms. The number of carbonyl (C=O) groups is 1. The zero-order valence-electron chi connectivity index (χ0n) is 13.9. The molecule has 1 aromatic carbocycles. The lowest BCUT2D eigenvalue weighted by Gasteiger charge is -2.11. The molecule has 0 spiro atoms. The van der Waals surface area contributed by atoms with Crippen LogP contribution in [0.5, 0.6) is 0 Å². The molecule has 1 aliphatic rings. The van der Waals surface area contributed by atoms with Gasteiger partial charge in [0.15, 0.2) is 5.69 Å². The van der Waals surface area contributed by atoms with Gasteiger partial charge in [-0.2, -0.15) is 5.10 Å². The molecule has 0 aliphatic heterocycles. The summed E-state index contributed by atoms with van der Waals surface area (Å²) in [4.78, 5) is 12.3. The van der Waals surface area contributed by atoms with Gasteiger partial charge in [-0.25, -0.2) is 4.68 Å². The Bertz CT molecular complexity index is 724. The first kappa shape index (κ1) is 15.7. The van der Waals surface area contributed by atoms with Gasteiger partial charge in [0, 0.05) is 17.7 Å². The topological polar surface area (TPSA) is 67.2 Å². The lowest BCUT2D eigenvalue weighted by molar-refractivity contribution is 0.0930. The Morgan fingerprint density at radius 2 is 1.87 bits per heavy atom. The summed E-state index contributed by atoms with van der Waals surface area (Å²) < 4.78 is 1.80. The second kappa shape index (κ2) is 5.81. The summed E-state index contributed by atoms with van der Waals surface area (Å²) in [5, 5.41) is 16.7. The van der Waals surface area contributed by atoms with Crippen molar-refractivity contribution in [2.75, 3.05) is 13.2 Å². The van der Waals surface area contributed by atoms with Crippen LogP contribution in [0.15, 0.2) is 24.3 Å². The Morgan fingerprint density at radius 3 is 2.43 bits per heavy atom. The molecule has 0 atom stereocenters. The summed E-state index contributed by atoms with van der Waals surface area (Å²) in [7, 11) is 0. The Balaban J connectivity index is 1.79. The van der Waals surface area contributed by atoms with Gasteiger partial charge in [-0.3, -0.25) is 4.79 Å². The van der Waals surface area contributed by atoms with Crippen molar-refractivity contribution in [3.63, 3.8) is 0 Å². The van der Waals surface area contributed by atoms with Crippen molar-refractivity contribution in [1.82, 2.24) is 15.1 Å². The summed E-state index contributed by atoms with van der Waals surface area (Å²) in [5.74, 6) is -0.184. The number of nitrogens with zero attached hydrogens (tertiary/aromatic N) is 2. The van der Waals surface area contributed by atoms with Crippen LogP contribution in [0, 0.1) is 26.2 Å². The Morgan fingerprint density at radius 1 is 1.22 bits per heavy atom. The summed E-state index contributed by atoms with van der Waals surface area (Å²) in [6.07, 6.45) is 1.94. The lowest BCUT2D eigenvalue weighted by atomic mass is 10.1. The molecule has 3 rings (SSSR count). The van der Waals surface area contributed by atoms with Gasteiger partial charge in [0.25, 0.3) is 5.91 Å². The van der Waals surface area contributed by atoms with Gasteiger partial charge in [0.2, 0.25) is 0 Å². The van der Waals surface area contributed by atoms with Crippen LogP contribution in [-0.4, -0.2) is 33.9 Å². The second-order valence-corrected chi connectivity index (χ2v) is 6.77. The van der Waals surface area contributed by atoms with E-state index in [0.29, 0.717) is 12.2 Å². The van der Waals surface area contributed by atoms with Crippen molar-refractivity contribution >= 4 is 5.91 Å². The average Bonchev–Trinajstić information content (AvgIpc) is 3.18. The van der Waals surface area contributed by atoms with Gasteiger partial charge < -0.3 is 10.4 Å². The Labute approximate surface area is 136 Å². The van der Waals surface area contributed by atoms with Crippen LogP contribution in [0.1, 0.15) is 40.2 Å². The third-order valence-electron chi connectivity index (χ3n) is 4.49. The lowest BCUT2D eigenvalue weighted by Crippen LogP contribution is -2.32. The maximum Gasteiger partial charge on any atom is 0.271 e. The first-order valence-corrected chi connectivity index (χ1v) is 7.97. The van der Waals surface area contributed by atoms with E-state index in [-0.39, 0.29) is 17.9 Å².